The van der Waals surface area contributed by atoms with E-state index in [1.165, 1.54) is 24.3 Å². The van der Waals surface area contributed by atoms with E-state index < -0.39 is 10.0 Å². The van der Waals surface area contributed by atoms with Gasteiger partial charge in [-0.05, 0) is 49.2 Å². The van der Waals surface area contributed by atoms with Gasteiger partial charge in [-0.15, -0.1) is 0 Å². The van der Waals surface area contributed by atoms with Crippen LogP contribution in [0.1, 0.15) is 32.1 Å². The highest BCUT2D eigenvalue weighted by Crippen LogP contribution is 2.29. The lowest BCUT2D eigenvalue weighted by Gasteiger charge is -2.21. The molecule has 0 bridgehead atoms. The Bertz CT molecular complexity index is 942. The molecule has 0 radical (unpaired) electrons. The van der Waals surface area contributed by atoms with Gasteiger partial charge in [-0.2, -0.15) is 0 Å². The fourth-order valence-electron chi connectivity index (χ4n) is 3.13. The minimum atomic E-state index is -3.85. The summed E-state index contributed by atoms with van der Waals surface area (Å²) in [7, 11) is -3.85. The van der Waals surface area contributed by atoms with E-state index in [2.05, 4.69) is 10.0 Å². The zero-order valence-corrected chi connectivity index (χ0v) is 16.9. The molecule has 144 valence electrons. The Hall–Kier alpha value is -1.76. The van der Waals surface area contributed by atoms with Gasteiger partial charge in [0, 0.05) is 10.9 Å². The molecule has 2 aromatic carbocycles. The number of rotatable bonds is 5. The lowest BCUT2D eigenvalue weighted by molar-refractivity contribution is -0.120. The lowest BCUT2D eigenvalue weighted by atomic mass is 9.88. The highest BCUT2D eigenvalue weighted by atomic mass is 35.5. The molecule has 2 N–H and O–H groups in total. The summed E-state index contributed by atoms with van der Waals surface area (Å²) in [5, 5.41) is 3.50. The monoisotopic (exact) mass is 426 g/mol. The summed E-state index contributed by atoms with van der Waals surface area (Å²) in [6.45, 7) is 0. The van der Waals surface area contributed by atoms with E-state index in [1.807, 2.05) is 0 Å². The number of carbonyl (C=O) groups excluding carboxylic acids is 1. The molecule has 0 aliphatic heterocycles. The molecule has 0 heterocycles. The second kappa shape index (κ2) is 8.50. The standard InChI is InChI=1S/C19H20Cl2N2O3S/c20-14-7-4-8-15(11-14)23-27(25,26)16-9-10-17(21)18(12-16)22-19(24)13-5-2-1-3-6-13/h4,7-13,23H,1-3,5-6H2,(H,22,24). The van der Waals surface area contributed by atoms with Crippen LogP contribution in [-0.4, -0.2) is 14.3 Å². The van der Waals surface area contributed by atoms with E-state index in [1.54, 1.807) is 18.2 Å². The molecule has 0 unspecified atom stereocenters. The number of benzene rings is 2. The number of carbonyl (C=O) groups is 1. The number of nitrogens with one attached hydrogen (secondary N) is 2. The SMILES string of the molecule is O=C(Nc1cc(S(=O)(=O)Nc2cccc(Cl)c2)ccc1Cl)C1CCCCC1. The van der Waals surface area contributed by atoms with Crippen LogP contribution >= 0.6 is 23.2 Å². The van der Waals surface area contributed by atoms with Gasteiger partial charge in [0.25, 0.3) is 10.0 Å². The van der Waals surface area contributed by atoms with Crippen LogP contribution in [0, 0.1) is 5.92 Å². The summed E-state index contributed by atoms with van der Waals surface area (Å²) in [5.74, 6) is -0.173. The highest BCUT2D eigenvalue weighted by molar-refractivity contribution is 7.92. The van der Waals surface area contributed by atoms with Crippen molar-refractivity contribution < 1.29 is 13.2 Å². The Labute approximate surface area is 169 Å². The molecule has 8 heteroatoms. The number of amides is 1. The van der Waals surface area contributed by atoms with Crippen molar-refractivity contribution in [3.05, 3.63) is 52.5 Å². The maximum absolute atomic E-state index is 12.7. The van der Waals surface area contributed by atoms with Gasteiger partial charge in [0.05, 0.1) is 21.3 Å². The minimum Gasteiger partial charge on any atom is -0.324 e. The van der Waals surface area contributed by atoms with Gasteiger partial charge in [-0.3, -0.25) is 9.52 Å². The Kier molecular flexibility index (Phi) is 6.29. The maximum atomic E-state index is 12.7. The van der Waals surface area contributed by atoms with Crippen molar-refractivity contribution in [2.45, 2.75) is 37.0 Å². The number of hydrogen-bond acceptors (Lipinski definition) is 3. The zero-order chi connectivity index (χ0) is 19.4. The fraction of sp³-hybridized carbons (Fsp3) is 0.316. The summed E-state index contributed by atoms with van der Waals surface area (Å²) < 4.78 is 27.8. The molecule has 5 nitrogen and oxygen atoms in total. The van der Waals surface area contributed by atoms with Crippen LogP contribution < -0.4 is 10.0 Å². The van der Waals surface area contributed by atoms with Crippen molar-refractivity contribution in [3.63, 3.8) is 0 Å². The third-order valence-corrected chi connectivity index (χ3v) is 6.50. The fourth-order valence-corrected chi connectivity index (χ4v) is 4.56. The van der Waals surface area contributed by atoms with Crippen LogP contribution in [0.5, 0.6) is 0 Å². The average Bonchev–Trinajstić information content (AvgIpc) is 2.63. The molecule has 3 rings (SSSR count). The second-order valence-electron chi connectivity index (χ2n) is 6.58. The molecule has 0 aromatic heterocycles. The van der Waals surface area contributed by atoms with Crippen molar-refractivity contribution in [3.8, 4) is 0 Å². The van der Waals surface area contributed by atoms with Crippen molar-refractivity contribution >= 4 is 50.5 Å². The first kappa shape index (κ1) is 20.0. The highest BCUT2D eigenvalue weighted by Gasteiger charge is 2.23. The second-order valence-corrected chi connectivity index (χ2v) is 9.11. The molecule has 1 aliphatic carbocycles. The molecule has 1 amide bonds. The third kappa shape index (κ3) is 5.15. The molecule has 2 aromatic rings. The van der Waals surface area contributed by atoms with Crippen LogP contribution in [-0.2, 0) is 14.8 Å². The average molecular weight is 427 g/mol. The number of halogens is 2. The van der Waals surface area contributed by atoms with E-state index >= 15 is 0 Å². The van der Waals surface area contributed by atoms with Gasteiger partial charge >= 0.3 is 0 Å². The number of sulfonamides is 1. The predicted molar refractivity (Wildman–Crippen MR) is 109 cm³/mol. The summed E-state index contributed by atoms with van der Waals surface area (Å²) >= 11 is 12.1. The first-order valence-electron chi connectivity index (χ1n) is 8.74. The Morgan fingerprint density at radius 1 is 1.00 bits per heavy atom. The van der Waals surface area contributed by atoms with Gasteiger partial charge in [-0.1, -0.05) is 48.5 Å². The van der Waals surface area contributed by atoms with E-state index in [-0.39, 0.29) is 16.7 Å². The van der Waals surface area contributed by atoms with Crippen molar-refractivity contribution in [2.24, 2.45) is 5.92 Å². The molecule has 1 aliphatic rings. The van der Waals surface area contributed by atoms with Crippen LogP contribution in [0.15, 0.2) is 47.4 Å². The predicted octanol–water partition coefficient (Wildman–Crippen LogP) is 5.31. The van der Waals surface area contributed by atoms with Gasteiger partial charge < -0.3 is 5.32 Å². The molecular formula is C19H20Cl2N2O3S. The molecule has 27 heavy (non-hydrogen) atoms. The van der Waals surface area contributed by atoms with E-state index in [0.717, 1.165) is 32.1 Å². The van der Waals surface area contributed by atoms with Crippen LogP contribution in [0.3, 0.4) is 0 Å². The number of anilines is 2. The minimum absolute atomic E-state index is 0.00539. The smallest absolute Gasteiger partial charge is 0.261 e. The van der Waals surface area contributed by atoms with Gasteiger partial charge in [0.2, 0.25) is 5.91 Å². The first-order chi connectivity index (χ1) is 12.8. The van der Waals surface area contributed by atoms with E-state index in [9.17, 15) is 13.2 Å². The molecule has 0 atom stereocenters. The lowest BCUT2D eigenvalue weighted by Crippen LogP contribution is -2.25. The van der Waals surface area contributed by atoms with Gasteiger partial charge in [-0.25, -0.2) is 8.42 Å². The summed E-state index contributed by atoms with van der Waals surface area (Å²) in [5.41, 5.74) is 0.645. The zero-order valence-electron chi connectivity index (χ0n) is 14.5. The van der Waals surface area contributed by atoms with Crippen molar-refractivity contribution in [1.29, 1.82) is 0 Å². The largest absolute Gasteiger partial charge is 0.324 e. The van der Waals surface area contributed by atoms with E-state index in [0.29, 0.717) is 21.4 Å². The Morgan fingerprint density at radius 3 is 2.44 bits per heavy atom. The maximum Gasteiger partial charge on any atom is 0.261 e. The molecule has 1 saturated carbocycles. The van der Waals surface area contributed by atoms with Crippen molar-refractivity contribution in [1.82, 2.24) is 0 Å². The molecule has 1 fully saturated rings. The summed E-state index contributed by atoms with van der Waals surface area (Å²) in [4.78, 5) is 12.5. The summed E-state index contributed by atoms with van der Waals surface area (Å²) in [6.07, 6.45) is 4.90. The Balaban J connectivity index is 1.80. The van der Waals surface area contributed by atoms with Gasteiger partial charge in [0.15, 0.2) is 0 Å². The quantitative estimate of drug-likeness (QED) is 0.679. The third-order valence-electron chi connectivity index (χ3n) is 4.56. The molecular weight excluding hydrogens is 407 g/mol. The van der Waals surface area contributed by atoms with Crippen LogP contribution in [0.25, 0.3) is 0 Å². The van der Waals surface area contributed by atoms with Crippen LogP contribution in [0.4, 0.5) is 11.4 Å². The molecule has 0 spiro atoms. The topological polar surface area (TPSA) is 75.3 Å². The van der Waals surface area contributed by atoms with E-state index in [4.69, 9.17) is 23.2 Å². The summed E-state index contributed by atoms with van der Waals surface area (Å²) in [6, 6.07) is 10.6. The van der Waals surface area contributed by atoms with Gasteiger partial charge in [0.1, 0.15) is 0 Å². The van der Waals surface area contributed by atoms with Crippen molar-refractivity contribution in [2.75, 3.05) is 10.0 Å². The normalized spacial score (nSPS) is 15.3. The van der Waals surface area contributed by atoms with Crippen LogP contribution in [0.2, 0.25) is 10.0 Å². The first-order valence-corrected chi connectivity index (χ1v) is 11.0. The Morgan fingerprint density at radius 2 is 1.74 bits per heavy atom. The molecule has 0 saturated heterocycles. The number of hydrogen-bond donors (Lipinski definition) is 2.